The lowest BCUT2D eigenvalue weighted by molar-refractivity contribution is -0.182. The van der Waals surface area contributed by atoms with Crippen LogP contribution in [0.15, 0.2) is 48.5 Å². The summed E-state index contributed by atoms with van der Waals surface area (Å²) in [7, 11) is 5.23. The summed E-state index contributed by atoms with van der Waals surface area (Å²) in [5.74, 6) is 2.80. The van der Waals surface area contributed by atoms with Gasteiger partial charge in [-0.1, -0.05) is 56.2 Å². The van der Waals surface area contributed by atoms with E-state index in [4.69, 9.17) is 21.1 Å². The Kier molecular flexibility index (Phi) is 9.34. The van der Waals surface area contributed by atoms with E-state index in [0.717, 1.165) is 54.7 Å². The lowest BCUT2D eigenvalue weighted by Gasteiger charge is -2.46. The molecule has 246 valence electrons. The predicted octanol–water partition coefficient (Wildman–Crippen LogP) is 7.48. The Hall–Kier alpha value is -3.55. The first-order chi connectivity index (χ1) is 22.8. The third-order valence-electron chi connectivity index (χ3n) is 9.88. The minimum Gasteiger partial charge on any atom is -0.374 e. The van der Waals surface area contributed by atoms with Crippen molar-refractivity contribution in [3.05, 3.63) is 59.7 Å². The number of nitrogens with one attached hydrogen (secondary N) is 1. The molecule has 47 heavy (non-hydrogen) atoms. The molecule has 0 saturated carbocycles. The maximum Gasteiger partial charge on any atom is 0.252 e. The van der Waals surface area contributed by atoms with Crippen molar-refractivity contribution in [3.63, 3.8) is 0 Å². The number of hydrogen-bond donors (Lipinski definition) is 1. The summed E-state index contributed by atoms with van der Waals surface area (Å²) in [5, 5.41) is 6.80. The Balaban J connectivity index is 0.00000190. The zero-order chi connectivity index (χ0) is 33.6. The van der Waals surface area contributed by atoms with Crippen LogP contribution in [0.25, 0.3) is 43.6 Å². The minimum atomic E-state index is -1.03. The molecule has 8 nitrogen and oxygen atoms in total. The number of rotatable bonds is 7. The van der Waals surface area contributed by atoms with E-state index in [-0.39, 0.29) is 17.2 Å². The molecule has 10 heteroatoms. The van der Waals surface area contributed by atoms with Crippen LogP contribution < -0.4 is 5.32 Å². The van der Waals surface area contributed by atoms with Gasteiger partial charge in [0.25, 0.3) is 5.91 Å². The van der Waals surface area contributed by atoms with Gasteiger partial charge >= 0.3 is 0 Å². The van der Waals surface area contributed by atoms with Gasteiger partial charge in [-0.05, 0) is 42.3 Å². The number of ether oxygens (including phenoxy) is 2. The van der Waals surface area contributed by atoms with Crippen molar-refractivity contribution in [1.82, 2.24) is 19.4 Å². The van der Waals surface area contributed by atoms with Crippen molar-refractivity contribution in [2.24, 2.45) is 0 Å². The molecular weight excluding hydrogens is 680 g/mol. The van der Waals surface area contributed by atoms with Crippen LogP contribution in [-0.2, 0) is 33.1 Å². The number of carbonyl (C=O) groups is 2. The molecule has 1 N–H and O–H groups in total. The maximum atomic E-state index is 13.9. The first-order valence-electron chi connectivity index (χ1n) is 16.1. The molecule has 0 saturated heterocycles. The van der Waals surface area contributed by atoms with E-state index in [0.29, 0.717) is 32.4 Å². The van der Waals surface area contributed by atoms with Crippen LogP contribution in [0.3, 0.4) is 0 Å². The third kappa shape index (κ3) is 5.04. The number of likely N-dealkylation sites (N-methyl/N-ethyl adjacent to an activating group) is 1. The van der Waals surface area contributed by atoms with Gasteiger partial charge in [0.1, 0.15) is 6.10 Å². The Morgan fingerprint density at radius 2 is 1.77 bits per heavy atom. The molecule has 0 aliphatic carbocycles. The molecule has 3 aromatic carbocycles. The van der Waals surface area contributed by atoms with Gasteiger partial charge in [-0.2, -0.15) is 0 Å². The average Bonchev–Trinajstić information content (AvgIpc) is 3.74. The number of alkyl halides is 1. The minimum absolute atomic E-state index is 0.0134. The molecule has 3 unspecified atom stereocenters. The van der Waals surface area contributed by atoms with Crippen LogP contribution in [0.2, 0.25) is 0 Å². The normalized spacial score (nSPS) is 20.7. The van der Waals surface area contributed by atoms with Crippen molar-refractivity contribution in [2.75, 3.05) is 21.3 Å². The van der Waals surface area contributed by atoms with Crippen molar-refractivity contribution in [2.45, 2.75) is 76.4 Å². The quantitative estimate of drug-likeness (QED) is 0.140. The Morgan fingerprint density at radius 3 is 2.43 bits per heavy atom. The van der Waals surface area contributed by atoms with Crippen LogP contribution in [0, 0.1) is 10.8 Å². The predicted molar refractivity (Wildman–Crippen MR) is 193 cm³/mol. The molecule has 4 atom stereocenters. The van der Waals surface area contributed by atoms with Gasteiger partial charge in [-0.15, -0.1) is 11.6 Å². The number of nitrogens with zero attached hydrogens (tertiary/aromatic N) is 3. The van der Waals surface area contributed by atoms with Gasteiger partial charge in [0.15, 0.2) is 5.72 Å². The highest BCUT2D eigenvalue weighted by atomic mass is 79.9. The Labute approximate surface area is 288 Å². The number of aromatic nitrogens is 2. The first kappa shape index (κ1) is 33.4. The van der Waals surface area contributed by atoms with Crippen LogP contribution in [0.1, 0.15) is 56.0 Å². The van der Waals surface area contributed by atoms with Gasteiger partial charge in [0.2, 0.25) is 5.91 Å². The van der Waals surface area contributed by atoms with Gasteiger partial charge < -0.3 is 28.8 Å². The van der Waals surface area contributed by atoms with E-state index in [9.17, 15) is 9.59 Å². The lowest BCUT2D eigenvalue weighted by atomic mass is 9.94. The SMILES string of the molecule is CC.COC1C(N(C)C(=O)CCCC(Cl)C#CBr)Cn2c3ccccc3c3c4c(c5c6ccccc6n(c5c32)[C@@]1(C)OC)CNC4=O. The van der Waals surface area contributed by atoms with Crippen LogP contribution in [-0.4, -0.2) is 64.6 Å². The van der Waals surface area contributed by atoms with E-state index < -0.39 is 17.9 Å². The first-order valence-corrected chi connectivity index (χ1v) is 17.4. The fourth-order valence-corrected chi connectivity index (χ4v) is 8.40. The molecule has 2 aliphatic heterocycles. The Morgan fingerprint density at radius 1 is 1.11 bits per heavy atom. The van der Waals surface area contributed by atoms with Crippen molar-refractivity contribution >= 4 is 83.0 Å². The molecule has 2 aromatic heterocycles. The highest BCUT2D eigenvalue weighted by Gasteiger charge is 2.48. The molecule has 0 bridgehead atoms. The van der Waals surface area contributed by atoms with Crippen LogP contribution in [0.4, 0.5) is 0 Å². The number of hydrogen-bond acceptors (Lipinski definition) is 4. The van der Waals surface area contributed by atoms with Crippen LogP contribution in [0.5, 0.6) is 0 Å². The zero-order valence-electron chi connectivity index (χ0n) is 27.6. The second-order valence-electron chi connectivity index (χ2n) is 12.0. The monoisotopic (exact) mass is 718 g/mol. The number of methoxy groups -OCH3 is 2. The van der Waals surface area contributed by atoms with E-state index in [1.807, 2.05) is 52.1 Å². The summed E-state index contributed by atoms with van der Waals surface area (Å²) in [4.78, 5) is 31.9. The number of amides is 2. The van der Waals surface area contributed by atoms with Gasteiger partial charge in [-0.3, -0.25) is 9.59 Å². The van der Waals surface area contributed by atoms with Crippen molar-refractivity contribution < 1.29 is 19.1 Å². The van der Waals surface area contributed by atoms with E-state index >= 15 is 0 Å². The van der Waals surface area contributed by atoms with Crippen LogP contribution >= 0.6 is 27.5 Å². The number of para-hydroxylation sites is 2. The van der Waals surface area contributed by atoms with Gasteiger partial charge in [-0.25, -0.2) is 0 Å². The number of benzene rings is 3. The number of fused-ring (bicyclic) bond motifs is 9. The average molecular weight is 720 g/mol. The third-order valence-corrected chi connectivity index (χ3v) is 10.4. The number of halogens is 2. The van der Waals surface area contributed by atoms with E-state index in [1.165, 1.54) is 0 Å². The lowest BCUT2D eigenvalue weighted by Crippen LogP contribution is -2.59. The summed E-state index contributed by atoms with van der Waals surface area (Å²) >= 11 is 9.40. The Bertz CT molecular complexity index is 2090. The molecule has 0 fully saturated rings. The summed E-state index contributed by atoms with van der Waals surface area (Å²) in [5.41, 5.74) is 4.62. The molecule has 2 aliphatic rings. The molecule has 4 heterocycles. The number of carbonyl (C=O) groups excluding carboxylic acids is 2. The maximum absolute atomic E-state index is 13.9. The van der Waals surface area contributed by atoms with Gasteiger partial charge in [0.05, 0.1) is 33.5 Å². The molecular formula is C37H40BrClN4O4. The topological polar surface area (TPSA) is 77.7 Å². The second-order valence-corrected chi connectivity index (χ2v) is 13.0. The van der Waals surface area contributed by atoms with E-state index in [1.54, 1.807) is 19.1 Å². The smallest absolute Gasteiger partial charge is 0.252 e. The highest BCUT2D eigenvalue weighted by Crippen LogP contribution is 2.49. The second kappa shape index (κ2) is 13.2. The van der Waals surface area contributed by atoms with E-state index in [2.05, 4.69) is 65.4 Å². The molecule has 5 aromatic rings. The standard InChI is InChI=1S/C35H34BrClN4O4.C2H6/c1-35(45-4)33(44-3)26(39(2)27(42)15-9-10-20(37)16-17-36)19-40-24-13-7-5-11-21(24)29-30-23(18-38-34(30)43)28-22-12-6-8-14-25(22)41(35)32(28)31(29)40;1-2/h5-8,11-14,20,26,33H,9-10,15,18-19H2,1-4H3,(H,38,43);1-2H3/t20?,26?,33?,35-;/m0./s1. The molecule has 0 spiro atoms. The van der Waals surface area contributed by atoms with Gasteiger partial charge in [0, 0.05) is 83.8 Å². The largest absolute Gasteiger partial charge is 0.374 e. The summed E-state index contributed by atoms with van der Waals surface area (Å²) in [6.07, 6.45) is 0.968. The fourth-order valence-electron chi connectivity index (χ4n) is 7.78. The zero-order valence-corrected chi connectivity index (χ0v) is 30.0. The molecule has 0 radical (unpaired) electrons. The highest BCUT2D eigenvalue weighted by molar-refractivity contribution is 9.12. The summed E-state index contributed by atoms with van der Waals surface area (Å²) in [6.45, 7) is 6.93. The van der Waals surface area contributed by atoms with Crippen molar-refractivity contribution in [1.29, 1.82) is 0 Å². The fraction of sp³-hybridized carbons (Fsp3) is 0.405. The molecule has 2 amide bonds. The summed E-state index contributed by atoms with van der Waals surface area (Å²) in [6, 6.07) is 16.1. The summed E-state index contributed by atoms with van der Waals surface area (Å²) < 4.78 is 17.4. The van der Waals surface area contributed by atoms with Crippen molar-refractivity contribution in [3.8, 4) is 10.8 Å². The molecule has 7 rings (SSSR count).